The number of carbonyl (C=O) groups excluding carboxylic acids is 4. The summed E-state index contributed by atoms with van der Waals surface area (Å²) in [6, 6.07) is 12.5. The second kappa shape index (κ2) is 7.88. The number of allylic oxidation sites excluding steroid dienone is 2. The van der Waals surface area contributed by atoms with Crippen LogP contribution in [0.3, 0.4) is 0 Å². The summed E-state index contributed by atoms with van der Waals surface area (Å²) in [6.07, 6.45) is 5.55. The van der Waals surface area contributed by atoms with Crippen LogP contribution >= 0.6 is 0 Å². The van der Waals surface area contributed by atoms with Crippen LogP contribution < -0.4 is 14.5 Å². The number of benzene rings is 2. The maximum Gasteiger partial charge on any atom is 0.316 e. The fraction of sp³-hybridized carbons (Fsp3) is 0.400. The molecular weight excluding hydrogens is 468 g/mol. The number of nitrogens with zero attached hydrogens (tertiary/aromatic N) is 2. The Morgan fingerprint density at radius 1 is 0.892 bits per heavy atom. The van der Waals surface area contributed by atoms with Crippen LogP contribution in [0.1, 0.15) is 24.0 Å². The molecule has 0 N–H and O–H groups in total. The second-order valence-corrected chi connectivity index (χ2v) is 11.3. The highest BCUT2D eigenvalue weighted by molar-refractivity contribution is 6.22. The average molecular weight is 497 g/mol. The van der Waals surface area contributed by atoms with E-state index in [4.69, 9.17) is 4.74 Å². The zero-order chi connectivity index (χ0) is 25.6. The lowest BCUT2D eigenvalue weighted by atomic mass is 9.63. The molecule has 2 aromatic rings. The molecule has 2 heterocycles. The van der Waals surface area contributed by atoms with Crippen molar-refractivity contribution in [2.24, 2.45) is 41.4 Å². The van der Waals surface area contributed by atoms with Crippen LogP contribution in [0.15, 0.2) is 54.6 Å². The first-order valence-corrected chi connectivity index (χ1v) is 13.1. The molecule has 8 rings (SSSR count). The van der Waals surface area contributed by atoms with E-state index in [1.54, 1.807) is 29.2 Å². The normalized spacial score (nSPS) is 33.1. The first-order valence-electron chi connectivity index (χ1n) is 13.1. The van der Waals surface area contributed by atoms with Gasteiger partial charge in [-0.05, 0) is 85.4 Å². The van der Waals surface area contributed by atoms with Crippen molar-refractivity contribution in [3.05, 3.63) is 65.7 Å². The van der Waals surface area contributed by atoms with Gasteiger partial charge in [0.25, 0.3) is 0 Å². The van der Waals surface area contributed by atoms with Crippen molar-refractivity contribution in [1.82, 2.24) is 0 Å². The van der Waals surface area contributed by atoms with Gasteiger partial charge in [-0.25, -0.2) is 0 Å². The first kappa shape index (κ1) is 22.5. The number of imide groups is 1. The number of rotatable bonds is 4. The molecule has 3 amide bonds. The molecular formula is C30H28N2O5. The smallest absolute Gasteiger partial charge is 0.316 e. The van der Waals surface area contributed by atoms with Gasteiger partial charge in [0, 0.05) is 18.7 Å². The molecule has 0 radical (unpaired) electrons. The summed E-state index contributed by atoms with van der Waals surface area (Å²) < 4.78 is 5.60. The van der Waals surface area contributed by atoms with Crippen LogP contribution in [0.4, 0.5) is 11.4 Å². The summed E-state index contributed by atoms with van der Waals surface area (Å²) >= 11 is 0. The van der Waals surface area contributed by atoms with Crippen molar-refractivity contribution in [3.63, 3.8) is 0 Å². The Morgan fingerprint density at radius 3 is 2.19 bits per heavy atom. The molecule has 188 valence electrons. The molecule has 6 aliphatic rings. The minimum Gasteiger partial charge on any atom is -0.426 e. The molecule has 0 unspecified atom stereocenters. The number of amides is 3. The Hall–Kier alpha value is -3.74. The summed E-state index contributed by atoms with van der Waals surface area (Å²) in [7, 11) is 0. The fourth-order valence-electron chi connectivity index (χ4n) is 7.18. The van der Waals surface area contributed by atoms with E-state index in [-0.39, 0.29) is 54.4 Å². The molecule has 0 spiro atoms. The maximum absolute atomic E-state index is 13.3. The van der Waals surface area contributed by atoms with Gasteiger partial charge in [-0.3, -0.25) is 24.1 Å². The average Bonchev–Trinajstić information content (AvgIpc) is 3.57. The summed E-state index contributed by atoms with van der Waals surface area (Å²) in [6.45, 7) is 4.20. The van der Waals surface area contributed by atoms with Crippen LogP contribution in [0.2, 0.25) is 0 Å². The number of anilines is 2. The number of carbonyl (C=O) groups is 4. The predicted molar refractivity (Wildman–Crippen MR) is 136 cm³/mol. The zero-order valence-corrected chi connectivity index (χ0v) is 20.8. The van der Waals surface area contributed by atoms with E-state index in [2.05, 4.69) is 12.2 Å². The molecule has 2 saturated carbocycles. The van der Waals surface area contributed by atoms with Crippen molar-refractivity contribution < 1.29 is 23.9 Å². The monoisotopic (exact) mass is 496 g/mol. The standard InChI is InChI=1S/C30H28N2O5/c1-15-3-4-16(2)24(11-15)31-14-17(12-25(31)33)30(36)37-19-7-5-18(6-8-19)32-28(34)26-20-9-10-21(23-13-22(20)23)27(26)29(32)35/h3-11,17,20-23,26-27H,12-14H2,1-2H3/t17-,20+,21+,22-,23+,26-,27-/m1/s1. The van der Waals surface area contributed by atoms with E-state index in [0.717, 1.165) is 23.2 Å². The van der Waals surface area contributed by atoms with Gasteiger partial charge in [0.05, 0.1) is 23.4 Å². The van der Waals surface area contributed by atoms with Gasteiger partial charge in [-0.1, -0.05) is 24.3 Å². The minimum atomic E-state index is -0.564. The summed E-state index contributed by atoms with van der Waals surface area (Å²) in [5.41, 5.74) is 3.37. The highest BCUT2D eigenvalue weighted by Crippen LogP contribution is 2.65. The van der Waals surface area contributed by atoms with Gasteiger partial charge in [-0.15, -0.1) is 0 Å². The maximum atomic E-state index is 13.3. The molecule has 2 aliphatic heterocycles. The van der Waals surface area contributed by atoms with Gasteiger partial charge < -0.3 is 9.64 Å². The van der Waals surface area contributed by atoms with Crippen LogP contribution in [0.5, 0.6) is 5.75 Å². The molecule has 4 aliphatic carbocycles. The van der Waals surface area contributed by atoms with Gasteiger partial charge in [-0.2, -0.15) is 0 Å². The third-order valence-corrected chi connectivity index (χ3v) is 9.09. The fourth-order valence-corrected chi connectivity index (χ4v) is 7.18. The van der Waals surface area contributed by atoms with Gasteiger partial charge in [0.2, 0.25) is 17.7 Å². The topological polar surface area (TPSA) is 84.0 Å². The summed E-state index contributed by atoms with van der Waals surface area (Å²) in [5.74, 6) is -0.0380. The quantitative estimate of drug-likeness (QED) is 0.278. The molecule has 4 fully saturated rings. The minimum absolute atomic E-state index is 0.0976. The summed E-state index contributed by atoms with van der Waals surface area (Å²) in [4.78, 5) is 55.2. The van der Waals surface area contributed by atoms with E-state index in [1.165, 1.54) is 4.90 Å². The summed E-state index contributed by atoms with van der Waals surface area (Å²) in [5, 5.41) is 0. The molecule has 2 aromatic carbocycles. The molecule has 7 atom stereocenters. The highest BCUT2D eigenvalue weighted by Gasteiger charge is 2.67. The van der Waals surface area contributed by atoms with E-state index >= 15 is 0 Å². The number of aryl methyl sites for hydroxylation is 2. The number of hydrogen-bond donors (Lipinski definition) is 0. The predicted octanol–water partition coefficient (Wildman–Crippen LogP) is 3.82. The van der Waals surface area contributed by atoms with Gasteiger partial charge in [0.15, 0.2) is 0 Å². The Morgan fingerprint density at radius 2 is 1.54 bits per heavy atom. The lowest BCUT2D eigenvalue weighted by Gasteiger charge is -2.37. The van der Waals surface area contributed by atoms with Crippen LogP contribution in [0, 0.1) is 55.3 Å². The lowest BCUT2D eigenvalue weighted by molar-refractivity contribution is -0.139. The first-order chi connectivity index (χ1) is 17.8. The Balaban J connectivity index is 1.04. The van der Waals surface area contributed by atoms with Crippen molar-refractivity contribution in [3.8, 4) is 5.75 Å². The number of esters is 1. The van der Waals surface area contributed by atoms with E-state index < -0.39 is 11.9 Å². The molecule has 2 bridgehead atoms. The Kier molecular flexibility index (Phi) is 4.78. The van der Waals surface area contributed by atoms with Crippen LogP contribution in [0.25, 0.3) is 0 Å². The molecule has 7 heteroatoms. The van der Waals surface area contributed by atoms with Crippen molar-refractivity contribution in [2.45, 2.75) is 26.7 Å². The second-order valence-electron chi connectivity index (χ2n) is 11.3. The molecule has 7 nitrogen and oxygen atoms in total. The van der Waals surface area contributed by atoms with E-state index in [1.807, 2.05) is 32.0 Å². The van der Waals surface area contributed by atoms with Crippen LogP contribution in [-0.2, 0) is 19.2 Å². The highest BCUT2D eigenvalue weighted by atomic mass is 16.5. The molecule has 37 heavy (non-hydrogen) atoms. The Bertz CT molecular complexity index is 1360. The molecule has 2 saturated heterocycles. The number of hydrogen-bond acceptors (Lipinski definition) is 5. The van der Waals surface area contributed by atoms with Crippen molar-refractivity contribution >= 4 is 35.1 Å². The van der Waals surface area contributed by atoms with Crippen molar-refractivity contribution in [1.29, 1.82) is 0 Å². The zero-order valence-electron chi connectivity index (χ0n) is 20.8. The van der Waals surface area contributed by atoms with Crippen molar-refractivity contribution in [2.75, 3.05) is 16.3 Å². The van der Waals surface area contributed by atoms with Gasteiger partial charge in [0.1, 0.15) is 5.75 Å². The SMILES string of the molecule is Cc1ccc(C)c(N2C[C@H](C(=O)Oc3ccc(N4C(=O)[C@@H]5[C@H]6C=C[C@@H]([C@@H]7C[C@H]67)[C@H]5C4=O)cc3)CC2=O)c1. The van der Waals surface area contributed by atoms with E-state index in [0.29, 0.717) is 23.3 Å². The van der Waals surface area contributed by atoms with Gasteiger partial charge >= 0.3 is 5.97 Å². The number of ether oxygens (including phenoxy) is 1. The Labute approximate surface area is 215 Å². The third-order valence-electron chi connectivity index (χ3n) is 9.09. The third kappa shape index (κ3) is 3.32. The molecule has 0 aromatic heterocycles. The van der Waals surface area contributed by atoms with Crippen LogP contribution in [-0.4, -0.2) is 30.2 Å². The van der Waals surface area contributed by atoms with E-state index in [9.17, 15) is 19.2 Å². The largest absolute Gasteiger partial charge is 0.426 e. The lowest BCUT2D eigenvalue weighted by Crippen LogP contribution is -2.40.